The summed E-state index contributed by atoms with van der Waals surface area (Å²) in [6.45, 7) is 12.2. The van der Waals surface area contributed by atoms with E-state index < -0.39 is 119 Å². The number of Topliss-reactive ketones (excluding diaryl/α,β-unsaturated/α-hetero) is 1. The number of aliphatic hydroxyl groups excluding tert-OH is 1. The van der Waals surface area contributed by atoms with Gasteiger partial charge in [-0.3, -0.25) is 19.2 Å². The van der Waals surface area contributed by atoms with E-state index in [9.17, 15) is 29.4 Å². The third-order valence-corrected chi connectivity index (χ3v) is 14.5. The van der Waals surface area contributed by atoms with Crippen molar-refractivity contribution < 1.29 is 62.7 Å². The molecule has 3 N–H and O–H groups in total. The number of carbonyl (C=O) groups excluding carboxylic acids is 6. The highest BCUT2D eigenvalue weighted by Gasteiger charge is 2.77. The van der Waals surface area contributed by atoms with E-state index in [1.807, 2.05) is 0 Å². The number of nitrogens with one attached hydrogen (secondary N) is 1. The molecule has 0 unspecified atom stereocenters. The lowest BCUT2D eigenvalue weighted by Gasteiger charge is -2.68. The summed E-state index contributed by atoms with van der Waals surface area (Å²) in [6.07, 6.45) is -8.06. The maximum Gasteiger partial charge on any atom is 0.338 e. The fourth-order valence-corrected chi connectivity index (χ4v) is 11.1. The second-order valence-corrected chi connectivity index (χ2v) is 19.0. The van der Waals surface area contributed by atoms with Crippen LogP contribution in [0.4, 0.5) is 0 Å². The van der Waals surface area contributed by atoms with Gasteiger partial charge in [-0.15, -0.1) is 0 Å². The van der Waals surface area contributed by atoms with E-state index in [0.29, 0.717) is 17.5 Å². The minimum atomic E-state index is -2.30. The summed E-state index contributed by atoms with van der Waals surface area (Å²) in [4.78, 5) is 85.1. The Morgan fingerprint density at radius 1 is 0.800 bits per heavy atom. The zero-order valence-electron chi connectivity index (χ0n) is 38.1. The standard InChI is InChI=1S/C51H59NO13/c1-28(2)61-41(39(32-18-12-9-13-19-32)52-45(57)33-20-14-10-15-21-33)47(59)63-36-27-51(60)44(64-46(58)34-22-16-11-17-23-34)42-49(8,37(55)26-35-24-25-50(35,42)65-31(5)54)43(56)40(62-30(4)53)38(29(36)3)48(51,6)7/h9-23,28,35-37,39-42,44,55,60H,24-27H2,1-8H3,(H,52,57)/t35-,36+,37+,39+,40-,41-,42+,44+,49-,50+,51-/m1/s1. The summed E-state index contributed by atoms with van der Waals surface area (Å²) in [5.74, 6) is -6.51. The van der Waals surface area contributed by atoms with E-state index in [-0.39, 0.29) is 29.6 Å². The number of esters is 4. The van der Waals surface area contributed by atoms with Gasteiger partial charge in [0.25, 0.3) is 5.91 Å². The first-order valence-electron chi connectivity index (χ1n) is 22.2. The molecule has 346 valence electrons. The van der Waals surface area contributed by atoms with Crippen molar-refractivity contribution in [3.05, 3.63) is 119 Å². The molecular formula is C51H59NO13. The van der Waals surface area contributed by atoms with Crippen molar-refractivity contribution in [1.82, 2.24) is 5.32 Å². The van der Waals surface area contributed by atoms with Gasteiger partial charge < -0.3 is 39.2 Å². The normalized spacial score (nSPS) is 31.0. The SMILES string of the molecule is CC(=O)O[C@H]1C(=O)[C@@]2(C)[C@H]([C@H](OC(=O)c3ccccc3)[C@]3(O)C[C@H](OC(=O)[C@H](OC(C)C)[C@@H](NC(=O)c4ccccc4)c4ccccc4)C(C)=C1C3(C)C)[C@]1(OC(C)=O)CC[C@@H]1C[C@@H]2O. The Hall–Kier alpha value is -5.70. The lowest BCUT2D eigenvalue weighted by atomic mass is 9.41. The number of amides is 1. The second-order valence-electron chi connectivity index (χ2n) is 19.0. The molecule has 14 heteroatoms. The minimum absolute atomic E-state index is 0.0267. The zero-order valence-corrected chi connectivity index (χ0v) is 38.1. The van der Waals surface area contributed by atoms with Gasteiger partial charge in [0.05, 0.1) is 35.1 Å². The molecule has 4 aliphatic carbocycles. The predicted molar refractivity (Wildman–Crippen MR) is 235 cm³/mol. The van der Waals surface area contributed by atoms with Crippen molar-refractivity contribution in [2.45, 2.75) is 135 Å². The Bertz CT molecular complexity index is 2350. The average Bonchev–Trinajstić information content (AvgIpc) is 3.26. The first-order valence-corrected chi connectivity index (χ1v) is 22.2. The molecule has 14 nitrogen and oxygen atoms in total. The molecule has 3 saturated carbocycles. The molecule has 0 aromatic heterocycles. The molecule has 11 atom stereocenters. The van der Waals surface area contributed by atoms with Crippen molar-refractivity contribution >= 4 is 35.6 Å². The summed E-state index contributed by atoms with van der Waals surface area (Å²) in [5.41, 5.74) is -6.08. The highest BCUT2D eigenvalue weighted by Crippen LogP contribution is 2.67. The number of benzene rings is 3. The summed E-state index contributed by atoms with van der Waals surface area (Å²) in [6, 6.07) is 24.2. The van der Waals surface area contributed by atoms with E-state index in [4.69, 9.17) is 23.7 Å². The largest absolute Gasteiger partial charge is 0.458 e. The fourth-order valence-electron chi connectivity index (χ4n) is 11.1. The van der Waals surface area contributed by atoms with Crippen LogP contribution in [0.5, 0.6) is 0 Å². The Morgan fingerprint density at radius 3 is 1.92 bits per heavy atom. The molecule has 65 heavy (non-hydrogen) atoms. The van der Waals surface area contributed by atoms with Gasteiger partial charge in [0.2, 0.25) is 0 Å². The second kappa shape index (κ2) is 17.9. The van der Waals surface area contributed by atoms with Gasteiger partial charge in [0.15, 0.2) is 18.0 Å². The molecule has 3 fully saturated rings. The van der Waals surface area contributed by atoms with Crippen LogP contribution in [-0.4, -0.2) is 93.6 Å². The summed E-state index contributed by atoms with van der Waals surface area (Å²) in [5, 5.41) is 29.1. The first-order chi connectivity index (χ1) is 30.7. The smallest absolute Gasteiger partial charge is 0.338 e. The van der Waals surface area contributed by atoms with Crippen molar-refractivity contribution in [2.24, 2.45) is 22.7 Å². The summed E-state index contributed by atoms with van der Waals surface area (Å²) >= 11 is 0. The Labute approximate surface area is 379 Å². The Morgan fingerprint density at radius 2 is 1.38 bits per heavy atom. The highest BCUT2D eigenvalue weighted by molar-refractivity contribution is 5.96. The lowest BCUT2D eigenvalue weighted by molar-refractivity contribution is -0.296. The lowest BCUT2D eigenvalue weighted by Crippen LogP contribution is -2.78. The van der Waals surface area contributed by atoms with Crippen LogP contribution in [0.15, 0.2) is 102 Å². The maximum atomic E-state index is 15.7. The molecular weight excluding hydrogens is 835 g/mol. The van der Waals surface area contributed by atoms with Crippen LogP contribution in [0.2, 0.25) is 0 Å². The maximum absolute atomic E-state index is 15.7. The van der Waals surface area contributed by atoms with E-state index in [1.165, 1.54) is 26.0 Å². The molecule has 0 spiro atoms. The van der Waals surface area contributed by atoms with Gasteiger partial charge >= 0.3 is 23.9 Å². The van der Waals surface area contributed by atoms with Crippen molar-refractivity contribution in [2.75, 3.05) is 0 Å². The molecule has 3 aromatic rings. The quantitative estimate of drug-likeness (QED) is 0.106. The fraction of sp³-hybridized carbons (Fsp3) is 0.490. The summed E-state index contributed by atoms with van der Waals surface area (Å²) in [7, 11) is 0. The molecule has 1 amide bonds. The molecule has 7 rings (SSSR count). The zero-order chi connectivity index (χ0) is 47.2. The third kappa shape index (κ3) is 8.29. The van der Waals surface area contributed by atoms with Crippen LogP contribution in [0.1, 0.15) is 113 Å². The third-order valence-electron chi connectivity index (χ3n) is 14.5. The Kier molecular flexibility index (Phi) is 13.0. The highest BCUT2D eigenvalue weighted by atomic mass is 16.6. The molecule has 3 aromatic carbocycles. The van der Waals surface area contributed by atoms with Crippen molar-refractivity contribution in [1.29, 1.82) is 0 Å². The average molecular weight is 894 g/mol. The van der Waals surface area contributed by atoms with Crippen LogP contribution in [-0.2, 0) is 42.9 Å². The number of fused-ring (bicyclic) bond motifs is 5. The number of hydrogen-bond acceptors (Lipinski definition) is 13. The number of hydrogen-bond donors (Lipinski definition) is 3. The Balaban J connectivity index is 1.42. The number of aliphatic hydroxyl groups is 2. The van der Waals surface area contributed by atoms with E-state index in [0.717, 1.165) is 6.92 Å². The summed E-state index contributed by atoms with van der Waals surface area (Å²) < 4.78 is 31.5. The van der Waals surface area contributed by atoms with Crippen molar-refractivity contribution in [3.8, 4) is 0 Å². The van der Waals surface area contributed by atoms with E-state index in [2.05, 4.69) is 5.32 Å². The molecule has 0 saturated heterocycles. The van der Waals surface area contributed by atoms with Crippen LogP contribution >= 0.6 is 0 Å². The number of carbonyl (C=O) groups is 6. The first kappa shape index (κ1) is 47.3. The van der Waals surface area contributed by atoms with Gasteiger partial charge in [-0.05, 0) is 87.9 Å². The van der Waals surface area contributed by atoms with Crippen LogP contribution < -0.4 is 5.32 Å². The molecule has 0 radical (unpaired) electrons. The topological polar surface area (TPSA) is 201 Å². The van der Waals surface area contributed by atoms with Crippen LogP contribution in [0, 0.1) is 22.7 Å². The predicted octanol–water partition coefficient (Wildman–Crippen LogP) is 6.18. The molecule has 2 bridgehead atoms. The monoisotopic (exact) mass is 893 g/mol. The van der Waals surface area contributed by atoms with E-state index in [1.54, 1.807) is 113 Å². The number of ketones is 1. The van der Waals surface area contributed by atoms with Crippen LogP contribution in [0.25, 0.3) is 0 Å². The van der Waals surface area contributed by atoms with Gasteiger partial charge in [-0.25, -0.2) is 9.59 Å². The van der Waals surface area contributed by atoms with Gasteiger partial charge in [0.1, 0.15) is 23.4 Å². The molecule has 4 aliphatic rings. The number of rotatable bonds is 12. The van der Waals surface area contributed by atoms with Crippen molar-refractivity contribution in [3.63, 3.8) is 0 Å². The van der Waals surface area contributed by atoms with Gasteiger partial charge in [-0.1, -0.05) is 80.6 Å². The van der Waals surface area contributed by atoms with Crippen LogP contribution in [0.3, 0.4) is 0 Å². The van der Waals surface area contributed by atoms with Gasteiger partial charge in [0, 0.05) is 37.2 Å². The van der Waals surface area contributed by atoms with E-state index >= 15 is 9.59 Å². The number of ether oxygens (including phenoxy) is 5. The minimum Gasteiger partial charge on any atom is -0.458 e. The molecule has 0 heterocycles. The van der Waals surface area contributed by atoms with Gasteiger partial charge in [-0.2, -0.15) is 0 Å². The molecule has 0 aliphatic heterocycles.